The zero-order chi connectivity index (χ0) is 14.2. The summed E-state index contributed by atoms with van der Waals surface area (Å²) in [6.07, 6.45) is 10.3. The molecule has 0 spiro atoms. The second-order valence-corrected chi connectivity index (χ2v) is 7.43. The molecule has 4 aliphatic rings. The molecule has 0 aromatic heterocycles. The molecule has 2 aliphatic carbocycles. The highest BCUT2D eigenvalue weighted by Crippen LogP contribution is 2.34. The van der Waals surface area contributed by atoms with Crippen LogP contribution in [0.5, 0.6) is 0 Å². The first-order valence-corrected chi connectivity index (χ1v) is 9.11. The normalized spacial score (nSPS) is 33.0. The number of carbonyl (C=O) groups is 1. The van der Waals surface area contributed by atoms with Gasteiger partial charge in [-0.25, -0.2) is 0 Å². The highest BCUT2D eigenvalue weighted by Gasteiger charge is 2.41. The van der Waals surface area contributed by atoms with E-state index in [-0.39, 0.29) is 6.04 Å². The van der Waals surface area contributed by atoms with Gasteiger partial charge in [0.25, 0.3) is 0 Å². The second kappa shape index (κ2) is 5.88. The second-order valence-electron chi connectivity index (χ2n) is 7.43. The van der Waals surface area contributed by atoms with Gasteiger partial charge in [-0.3, -0.25) is 14.6 Å². The minimum absolute atomic E-state index is 0.216. The van der Waals surface area contributed by atoms with E-state index in [1.165, 1.54) is 51.5 Å². The van der Waals surface area contributed by atoms with Gasteiger partial charge in [-0.05, 0) is 51.5 Å². The van der Waals surface area contributed by atoms with Crippen LogP contribution in [-0.4, -0.2) is 71.5 Å². The summed E-state index contributed by atoms with van der Waals surface area (Å²) in [4.78, 5) is 20.3. The molecule has 0 radical (unpaired) electrons. The Kier molecular flexibility index (Phi) is 3.92. The highest BCUT2D eigenvalue weighted by molar-refractivity contribution is 5.82. The first kappa shape index (κ1) is 14.0. The third-order valence-corrected chi connectivity index (χ3v) is 6.03. The van der Waals surface area contributed by atoms with E-state index in [1.54, 1.807) is 0 Å². The lowest BCUT2D eigenvalue weighted by molar-refractivity contribution is -0.136. The number of hydrogen-bond donors (Lipinski definition) is 0. The van der Waals surface area contributed by atoms with E-state index in [4.69, 9.17) is 0 Å². The van der Waals surface area contributed by atoms with Crippen LogP contribution in [0.25, 0.3) is 0 Å². The molecule has 0 N–H and O–H groups in total. The Balaban J connectivity index is 1.35. The van der Waals surface area contributed by atoms with Gasteiger partial charge in [0.1, 0.15) is 0 Å². The summed E-state index contributed by atoms with van der Waals surface area (Å²) < 4.78 is 0. The van der Waals surface area contributed by atoms with Crippen molar-refractivity contribution in [1.29, 1.82) is 0 Å². The van der Waals surface area contributed by atoms with Crippen LogP contribution in [0.15, 0.2) is 0 Å². The molecule has 0 aromatic rings. The summed E-state index contributed by atoms with van der Waals surface area (Å²) in [6, 6.07) is 1.78. The molecule has 4 fully saturated rings. The molecule has 4 heteroatoms. The van der Waals surface area contributed by atoms with Crippen LogP contribution < -0.4 is 0 Å². The van der Waals surface area contributed by atoms with E-state index >= 15 is 0 Å². The lowest BCUT2D eigenvalue weighted by Gasteiger charge is -2.37. The summed E-state index contributed by atoms with van der Waals surface area (Å²) in [5.74, 6) is 0.440. The summed E-state index contributed by atoms with van der Waals surface area (Å²) in [5.41, 5.74) is 0. The van der Waals surface area contributed by atoms with Gasteiger partial charge in [0.05, 0.1) is 6.04 Å². The van der Waals surface area contributed by atoms with Crippen LogP contribution >= 0.6 is 0 Å². The molecular weight excluding hydrogens is 262 g/mol. The van der Waals surface area contributed by atoms with Gasteiger partial charge >= 0.3 is 0 Å². The summed E-state index contributed by atoms with van der Waals surface area (Å²) >= 11 is 0. The molecule has 1 atom stereocenters. The molecule has 0 unspecified atom stereocenters. The Labute approximate surface area is 128 Å². The van der Waals surface area contributed by atoms with Crippen molar-refractivity contribution in [2.75, 3.05) is 32.7 Å². The molecule has 21 heavy (non-hydrogen) atoms. The third-order valence-electron chi connectivity index (χ3n) is 6.03. The van der Waals surface area contributed by atoms with Crippen molar-refractivity contribution < 1.29 is 4.79 Å². The van der Waals surface area contributed by atoms with Crippen molar-refractivity contribution in [2.24, 2.45) is 0 Å². The van der Waals surface area contributed by atoms with E-state index in [9.17, 15) is 4.79 Å². The Morgan fingerprint density at radius 2 is 1.57 bits per heavy atom. The first-order valence-electron chi connectivity index (χ1n) is 9.11. The molecule has 0 bridgehead atoms. The van der Waals surface area contributed by atoms with Gasteiger partial charge in [-0.1, -0.05) is 6.42 Å². The molecule has 2 aliphatic heterocycles. The predicted octanol–water partition coefficient (Wildman–Crippen LogP) is 1.70. The predicted molar refractivity (Wildman–Crippen MR) is 83.2 cm³/mol. The number of likely N-dealkylation sites (tertiary alicyclic amines) is 1. The molecule has 1 amide bonds. The molecule has 2 saturated carbocycles. The van der Waals surface area contributed by atoms with Crippen molar-refractivity contribution in [3.63, 3.8) is 0 Å². The van der Waals surface area contributed by atoms with E-state index in [1.807, 2.05) is 0 Å². The molecule has 2 heterocycles. The van der Waals surface area contributed by atoms with Crippen LogP contribution in [0, 0.1) is 0 Å². The maximum Gasteiger partial charge on any atom is 0.239 e. The smallest absolute Gasteiger partial charge is 0.239 e. The van der Waals surface area contributed by atoms with Crippen molar-refractivity contribution in [3.8, 4) is 0 Å². The summed E-state index contributed by atoms with van der Waals surface area (Å²) in [5, 5.41) is 0. The molecular formula is C17H29N3O. The molecule has 4 nitrogen and oxygen atoms in total. The van der Waals surface area contributed by atoms with Crippen LogP contribution in [0.1, 0.15) is 51.4 Å². The quantitative estimate of drug-likeness (QED) is 0.792. The van der Waals surface area contributed by atoms with Crippen LogP contribution in [0.4, 0.5) is 0 Å². The largest absolute Gasteiger partial charge is 0.340 e. The van der Waals surface area contributed by atoms with Gasteiger partial charge < -0.3 is 4.90 Å². The number of hydrogen-bond acceptors (Lipinski definition) is 3. The maximum atomic E-state index is 12.9. The Hall–Kier alpha value is -0.610. The molecule has 118 valence electrons. The Bertz CT molecular complexity index is 391. The monoisotopic (exact) mass is 291 g/mol. The number of rotatable bonds is 3. The van der Waals surface area contributed by atoms with Gasteiger partial charge in [0.2, 0.25) is 5.91 Å². The van der Waals surface area contributed by atoms with Gasteiger partial charge in [-0.2, -0.15) is 0 Å². The topological polar surface area (TPSA) is 26.8 Å². The average molecular weight is 291 g/mol. The van der Waals surface area contributed by atoms with Gasteiger partial charge in [0, 0.05) is 38.3 Å². The Morgan fingerprint density at radius 3 is 2.29 bits per heavy atom. The molecule has 2 saturated heterocycles. The molecule has 4 rings (SSSR count). The van der Waals surface area contributed by atoms with E-state index in [2.05, 4.69) is 14.7 Å². The average Bonchev–Trinajstić information content (AvgIpc) is 3.20. The van der Waals surface area contributed by atoms with Crippen molar-refractivity contribution in [1.82, 2.24) is 14.7 Å². The van der Waals surface area contributed by atoms with E-state index in [0.717, 1.165) is 44.7 Å². The van der Waals surface area contributed by atoms with E-state index in [0.29, 0.717) is 5.91 Å². The van der Waals surface area contributed by atoms with Crippen LogP contribution in [0.2, 0.25) is 0 Å². The number of amides is 1. The van der Waals surface area contributed by atoms with Crippen LogP contribution in [-0.2, 0) is 4.79 Å². The fourth-order valence-electron chi connectivity index (χ4n) is 4.38. The number of carbonyl (C=O) groups excluding carboxylic acids is 1. The van der Waals surface area contributed by atoms with Gasteiger partial charge in [0.15, 0.2) is 0 Å². The summed E-state index contributed by atoms with van der Waals surface area (Å²) in [6.45, 7) is 5.41. The van der Waals surface area contributed by atoms with Crippen molar-refractivity contribution in [3.05, 3.63) is 0 Å². The van der Waals surface area contributed by atoms with Crippen molar-refractivity contribution >= 4 is 5.91 Å². The minimum atomic E-state index is 0.216. The molecule has 0 aromatic carbocycles. The van der Waals surface area contributed by atoms with Crippen molar-refractivity contribution in [2.45, 2.75) is 69.5 Å². The highest BCUT2D eigenvalue weighted by atomic mass is 16.2. The number of nitrogens with zero attached hydrogens (tertiary/aromatic N) is 3. The Morgan fingerprint density at radius 1 is 0.714 bits per heavy atom. The fraction of sp³-hybridized carbons (Fsp3) is 0.941. The third kappa shape index (κ3) is 2.85. The minimum Gasteiger partial charge on any atom is -0.340 e. The van der Waals surface area contributed by atoms with Gasteiger partial charge in [-0.15, -0.1) is 0 Å². The zero-order valence-electron chi connectivity index (χ0n) is 13.2. The summed E-state index contributed by atoms with van der Waals surface area (Å²) in [7, 11) is 0. The zero-order valence-corrected chi connectivity index (χ0v) is 13.2. The SMILES string of the molecule is O=C([C@H]1CCCN1C1CC1)N1CCCN(C2CCC2)CC1. The van der Waals surface area contributed by atoms with Crippen LogP contribution in [0.3, 0.4) is 0 Å². The maximum absolute atomic E-state index is 12.9. The lowest BCUT2D eigenvalue weighted by atomic mass is 9.91. The fourth-order valence-corrected chi connectivity index (χ4v) is 4.38. The first-order chi connectivity index (χ1) is 10.3. The van der Waals surface area contributed by atoms with E-state index < -0.39 is 0 Å². The lowest BCUT2D eigenvalue weighted by Crippen LogP contribution is -2.48. The standard InChI is InChI=1S/C17H29N3O/c21-17(16-6-2-11-20(16)15-7-8-15)19-10-3-9-18(12-13-19)14-4-1-5-14/h14-16H,1-13H2/t16-/m1/s1.